The molecule has 1 aromatic carbocycles. The number of aromatic nitrogens is 2. The Hall–Kier alpha value is -2.23. The summed E-state index contributed by atoms with van der Waals surface area (Å²) in [5.74, 6) is 1.17. The number of rotatable bonds is 2. The van der Waals surface area contributed by atoms with Gasteiger partial charge in [0, 0.05) is 37.1 Å². The number of carbonyl (C=O) groups excluding carboxylic acids is 1. The van der Waals surface area contributed by atoms with Gasteiger partial charge in [0.25, 0.3) is 5.91 Å². The molecule has 4 heteroatoms. The lowest BCUT2D eigenvalue weighted by atomic mass is 10.0. The Morgan fingerprint density at radius 1 is 1.15 bits per heavy atom. The molecule has 1 aliphatic heterocycles. The fraction of sp³-hybridized carbons (Fsp3) is 0.312. The summed E-state index contributed by atoms with van der Waals surface area (Å²) in [6.07, 6.45) is 3.74. The fourth-order valence-electron chi connectivity index (χ4n) is 2.46. The summed E-state index contributed by atoms with van der Waals surface area (Å²) in [6, 6.07) is 5.74. The largest absolute Gasteiger partial charge is 0.337 e. The molecule has 1 amide bonds. The highest BCUT2D eigenvalue weighted by molar-refractivity contribution is 6.00. The van der Waals surface area contributed by atoms with Crippen molar-refractivity contribution in [2.45, 2.75) is 26.3 Å². The van der Waals surface area contributed by atoms with E-state index in [1.165, 1.54) is 0 Å². The van der Waals surface area contributed by atoms with Crippen molar-refractivity contribution in [2.24, 2.45) is 0 Å². The molecule has 0 spiro atoms. The summed E-state index contributed by atoms with van der Waals surface area (Å²) in [4.78, 5) is 22.6. The van der Waals surface area contributed by atoms with Crippen LogP contribution in [0.4, 0.5) is 0 Å². The Balaban J connectivity index is 2.06. The molecule has 0 N–H and O–H groups in total. The average molecular weight is 267 g/mol. The molecule has 20 heavy (non-hydrogen) atoms. The van der Waals surface area contributed by atoms with E-state index in [0.717, 1.165) is 22.3 Å². The molecule has 0 bridgehead atoms. The quantitative estimate of drug-likeness (QED) is 0.840. The first-order chi connectivity index (χ1) is 9.58. The van der Waals surface area contributed by atoms with E-state index in [0.29, 0.717) is 18.3 Å². The monoisotopic (exact) mass is 267 g/mol. The minimum Gasteiger partial charge on any atom is -0.337 e. The molecule has 0 saturated heterocycles. The molecule has 4 nitrogen and oxygen atoms in total. The average Bonchev–Trinajstić information content (AvgIpc) is 2.74. The van der Waals surface area contributed by atoms with Gasteiger partial charge in [-0.15, -0.1) is 0 Å². The smallest absolute Gasteiger partial charge is 0.254 e. The summed E-state index contributed by atoms with van der Waals surface area (Å²) < 4.78 is 0. The van der Waals surface area contributed by atoms with Gasteiger partial charge in [-0.1, -0.05) is 26.0 Å². The third-order valence-electron chi connectivity index (χ3n) is 3.73. The fourth-order valence-corrected chi connectivity index (χ4v) is 2.46. The predicted octanol–water partition coefficient (Wildman–Crippen LogP) is 2.85. The van der Waals surface area contributed by atoms with Crippen LogP contribution < -0.4 is 0 Å². The van der Waals surface area contributed by atoms with Crippen LogP contribution in [0, 0.1) is 0 Å². The summed E-state index contributed by atoms with van der Waals surface area (Å²) in [5.41, 5.74) is 3.86. The number of hydrogen-bond acceptors (Lipinski definition) is 3. The zero-order valence-corrected chi connectivity index (χ0v) is 11.9. The number of carbonyl (C=O) groups is 1. The second-order valence-electron chi connectivity index (χ2n) is 5.49. The molecular weight excluding hydrogens is 250 g/mol. The highest BCUT2D eigenvalue weighted by atomic mass is 16.2. The Morgan fingerprint density at radius 3 is 2.45 bits per heavy atom. The number of benzene rings is 1. The van der Waals surface area contributed by atoms with Gasteiger partial charge in [0.2, 0.25) is 0 Å². The molecule has 0 unspecified atom stereocenters. The van der Waals surface area contributed by atoms with Crippen molar-refractivity contribution in [3.8, 4) is 11.4 Å². The van der Waals surface area contributed by atoms with E-state index < -0.39 is 0 Å². The van der Waals surface area contributed by atoms with Crippen LogP contribution in [-0.4, -0.2) is 27.8 Å². The maximum absolute atomic E-state index is 12.0. The number of amides is 1. The Bertz CT molecular complexity index is 662. The minimum atomic E-state index is 0.0700. The lowest BCUT2D eigenvalue weighted by Crippen LogP contribution is -2.17. The molecule has 0 radical (unpaired) electrons. The second-order valence-corrected chi connectivity index (χ2v) is 5.49. The lowest BCUT2D eigenvalue weighted by Gasteiger charge is -2.08. The van der Waals surface area contributed by atoms with Gasteiger partial charge in [-0.05, 0) is 23.1 Å². The van der Waals surface area contributed by atoms with Gasteiger partial charge in [-0.2, -0.15) is 0 Å². The van der Waals surface area contributed by atoms with Crippen LogP contribution in [0.5, 0.6) is 0 Å². The molecular formula is C16H17N3O. The van der Waals surface area contributed by atoms with Gasteiger partial charge in [0.1, 0.15) is 0 Å². The molecule has 0 fully saturated rings. The van der Waals surface area contributed by atoms with E-state index in [1.807, 2.05) is 37.6 Å². The summed E-state index contributed by atoms with van der Waals surface area (Å²) in [7, 11) is 1.81. The second kappa shape index (κ2) is 4.71. The van der Waals surface area contributed by atoms with Crippen molar-refractivity contribution in [2.75, 3.05) is 7.05 Å². The third kappa shape index (κ3) is 1.97. The van der Waals surface area contributed by atoms with E-state index in [-0.39, 0.29) is 5.91 Å². The van der Waals surface area contributed by atoms with Crippen molar-refractivity contribution in [1.29, 1.82) is 0 Å². The maximum Gasteiger partial charge on any atom is 0.254 e. The maximum atomic E-state index is 12.0. The molecule has 3 rings (SSSR count). The highest BCUT2D eigenvalue weighted by Crippen LogP contribution is 2.30. The van der Waals surface area contributed by atoms with E-state index in [4.69, 9.17) is 0 Å². The molecule has 0 atom stereocenters. The highest BCUT2D eigenvalue weighted by Gasteiger charge is 2.27. The zero-order valence-electron chi connectivity index (χ0n) is 11.9. The van der Waals surface area contributed by atoms with Gasteiger partial charge >= 0.3 is 0 Å². The summed E-state index contributed by atoms with van der Waals surface area (Å²) in [5, 5.41) is 0. The van der Waals surface area contributed by atoms with Crippen molar-refractivity contribution >= 4 is 5.91 Å². The van der Waals surface area contributed by atoms with Crippen LogP contribution >= 0.6 is 0 Å². The van der Waals surface area contributed by atoms with Crippen LogP contribution in [0.15, 0.2) is 30.6 Å². The molecule has 102 valence electrons. The first kappa shape index (κ1) is 12.8. The minimum absolute atomic E-state index is 0.0700. The Kier molecular flexibility index (Phi) is 3.01. The molecule has 1 aromatic heterocycles. The Labute approximate surface area is 118 Å². The molecule has 2 aromatic rings. The van der Waals surface area contributed by atoms with E-state index >= 15 is 0 Å². The van der Waals surface area contributed by atoms with Crippen molar-refractivity contribution in [3.63, 3.8) is 0 Å². The van der Waals surface area contributed by atoms with Crippen LogP contribution in [-0.2, 0) is 6.54 Å². The van der Waals surface area contributed by atoms with Crippen molar-refractivity contribution in [3.05, 3.63) is 47.3 Å². The van der Waals surface area contributed by atoms with Gasteiger partial charge in [0.15, 0.2) is 5.82 Å². The first-order valence-electron chi connectivity index (χ1n) is 6.77. The number of nitrogens with zero attached hydrogens (tertiary/aromatic N) is 3. The standard InChI is InChI=1S/C16H17N3O/c1-10(2)11-7-17-15(18-8-11)12-5-4-6-13-14(12)9-19(3)16(13)20/h4-8,10H,9H2,1-3H3. The van der Waals surface area contributed by atoms with Crippen LogP contribution in [0.25, 0.3) is 11.4 Å². The third-order valence-corrected chi connectivity index (χ3v) is 3.73. The Morgan fingerprint density at radius 2 is 1.80 bits per heavy atom. The van der Waals surface area contributed by atoms with Gasteiger partial charge in [-0.25, -0.2) is 9.97 Å². The van der Waals surface area contributed by atoms with Crippen LogP contribution in [0.1, 0.15) is 41.3 Å². The lowest BCUT2D eigenvalue weighted by molar-refractivity contribution is 0.0816. The molecule has 1 aliphatic rings. The van der Waals surface area contributed by atoms with E-state index in [9.17, 15) is 4.79 Å². The summed E-state index contributed by atoms with van der Waals surface area (Å²) >= 11 is 0. The molecule has 0 aliphatic carbocycles. The van der Waals surface area contributed by atoms with Gasteiger partial charge in [-0.3, -0.25) is 4.79 Å². The van der Waals surface area contributed by atoms with E-state index in [2.05, 4.69) is 23.8 Å². The zero-order chi connectivity index (χ0) is 14.3. The normalized spacial score (nSPS) is 14.0. The molecule has 2 heterocycles. The number of fused-ring (bicyclic) bond motifs is 1. The van der Waals surface area contributed by atoms with E-state index in [1.54, 1.807) is 4.90 Å². The number of hydrogen-bond donors (Lipinski definition) is 0. The predicted molar refractivity (Wildman–Crippen MR) is 77.4 cm³/mol. The van der Waals surface area contributed by atoms with Crippen molar-refractivity contribution in [1.82, 2.24) is 14.9 Å². The van der Waals surface area contributed by atoms with Crippen LogP contribution in [0.2, 0.25) is 0 Å². The van der Waals surface area contributed by atoms with Crippen molar-refractivity contribution < 1.29 is 4.79 Å². The van der Waals surface area contributed by atoms with Gasteiger partial charge < -0.3 is 4.90 Å². The summed E-state index contributed by atoms with van der Waals surface area (Å²) in [6.45, 7) is 4.86. The topological polar surface area (TPSA) is 46.1 Å². The SMILES string of the molecule is CC(C)c1cnc(-c2cccc3c2CN(C)C3=O)nc1. The first-order valence-corrected chi connectivity index (χ1v) is 6.77. The molecule has 0 saturated carbocycles. The van der Waals surface area contributed by atoms with Gasteiger partial charge in [0.05, 0.1) is 0 Å². The van der Waals surface area contributed by atoms with Crippen LogP contribution in [0.3, 0.4) is 0 Å².